The van der Waals surface area contributed by atoms with Gasteiger partial charge in [0.2, 0.25) is 0 Å². The molecule has 0 N–H and O–H groups in total. The Morgan fingerprint density at radius 1 is 0.364 bits per heavy atom. The third-order valence-corrected chi connectivity index (χ3v) is 0. The first-order valence-corrected chi connectivity index (χ1v) is 6.95. The summed E-state index contributed by atoms with van der Waals surface area (Å²) in [4.78, 5) is 0. The molecule has 0 rings (SSSR count). The molecule has 0 saturated heterocycles. The molecule has 0 bridgehead atoms. The Morgan fingerprint density at radius 2 is 0.364 bits per heavy atom. The first-order chi connectivity index (χ1) is 8.66. The second-order valence-corrected chi connectivity index (χ2v) is 5.24. The molecule has 3 radical (unpaired) electrons. The van der Waals surface area contributed by atoms with Crippen molar-refractivity contribution >= 4 is 17.4 Å². The zero-order chi connectivity index (χ0) is 17.9. The number of hydrogen-bond donors (Lipinski definition) is 0. The van der Waals surface area contributed by atoms with E-state index >= 15 is 0 Å². The molecular formula is C15H35AlNiO5-3. The summed E-state index contributed by atoms with van der Waals surface area (Å²) in [6.45, 7) is 16.1. The molecule has 0 fully saturated rings. The van der Waals surface area contributed by atoms with E-state index in [0.717, 1.165) is 0 Å². The van der Waals surface area contributed by atoms with Crippen LogP contribution >= 0.6 is 0 Å². The van der Waals surface area contributed by atoms with Crippen molar-refractivity contribution in [3.63, 3.8) is 0 Å². The first kappa shape index (κ1) is 43.4. The van der Waals surface area contributed by atoms with E-state index in [9.17, 15) is 25.5 Å². The van der Waals surface area contributed by atoms with Crippen molar-refractivity contribution < 1.29 is 42.0 Å². The van der Waals surface area contributed by atoms with Crippen LogP contribution in [0.25, 0.3) is 0 Å². The summed E-state index contributed by atoms with van der Waals surface area (Å²) in [5.41, 5.74) is 0. The maximum Gasteiger partial charge on any atom is 2.00 e. The van der Waals surface area contributed by atoms with E-state index in [-0.39, 0.29) is 33.9 Å². The molecule has 0 aliphatic rings. The maximum absolute atomic E-state index is 9.53. The van der Waals surface area contributed by atoms with Crippen molar-refractivity contribution in [3.05, 3.63) is 0 Å². The van der Waals surface area contributed by atoms with E-state index in [4.69, 9.17) is 0 Å². The fraction of sp³-hybridized carbons (Fsp3) is 1.00. The van der Waals surface area contributed by atoms with Crippen molar-refractivity contribution in [1.82, 2.24) is 0 Å². The quantitative estimate of drug-likeness (QED) is 0.469. The summed E-state index contributed by atoms with van der Waals surface area (Å²) < 4.78 is 0. The van der Waals surface area contributed by atoms with Crippen molar-refractivity contribution in [1.29, 1.82) is 0 Å². The second kappa shape index (κ2) is 37.8. The van der Waals surface area contributed by atoms with Gasteiger partial charge in [-0.3, -0.25) is 0 Å². The van der Waals surface area contributed by atoms with Crippen LogP contribution in [-0.4, -0.2) is 47.9 Å². The third kappa shape index (κ3) is 12000. The van der Waals surface area contributed by atoms with Gasteiger partial charge in [-0.05, 0) is 0 Å². The van der Waals surface area contributed by atoms with Crippen LogP contribution in [0.4, 0.5) is 0 Å². The molecule has 0 aliphatic heterocycles. The Labute approximate surface area is 159 Å². The summed E-state index contributed by atoms with van der Waals surface area (Å²) in [5.74, 6) is 0. The van der Waals surface area contributed by atoms with Gasteiger partial charge in [-0.15, -0.1) is 30.5 Å². The molecule has 0 aromatic rings. The van der Waals surface area contributed by atoms with Gasteiger partial charge >= 0.3 is 16.5 Å². The molecule has 5 nitrogen and oxygen atoms in total. The van der Waals surface area contributed by atoms with Crippen molar-refractivity contribution in [3.8, 4) is 0 Å². The van der Waals surface area contributed by atoms with E-state index in [0.29, 0.717) is 0 Å². The Kier molecular flexibility index (Phi) is 74.6. The average molecular weight is 381 g/mol. The van der Waals surface area contributed by atoms with Gasteiger partial charge in [-0.25, -0.2) is 0 Å². The Morgan fingerprint density at radius 3 is 0.364 bits per heavy atom. The second-order valence-electron chi connectivity index (χ2n) is 5.24. The van der Waals surface area contributed by atoms with E-state index in [1.165, 1.54) is 0 Å². The minimum atomic E-state index is -0.417. The summed E-state index contributed by atoms with van der Waals surface area (Å²) in [5, 5.41) is 47.6. The topological polar surface area (TPSA) is 115 Å². The van der Waals surface area contributed by atoms with Gasteiger partial charge < -0.3 is 25.5 Å². The smallest absolute Gasteiger partial charge is 0.852 e. The van der Waals surface area contributed by atoms with Crippen LogP contribution in [0.2, 0.25) is 0 Å². The number of hydrogen-bond acceptors (Lipinski definition) is 5. The zero-order valence-electron chi connectivity index (χ0n) is 15.8. The zero-order valence-corrected chi connectivity index (χ0v) is 18.0. The number of rotatable bonds is 0. The molecule has 141 valence electrons. The molecular weight excluding hydrogens is 346 g/mol. The van der Waals surface area contributed by atoms with Gasteiger partial charge in [0.1, 0.15) is 0 Å². The molecule has 0 amide bonds. The molecule has 0 saturated carbocycles. The van der Waals surface area contributed by atoms with E-state index < -0.39 is 30.5 Å². The molecule has 0 unspecified atom stereocenters. The predicted octanol–water partition coefficient (Wildman–Crippen LogP) is -1.61. The van der Waals surface area contributed by atoms with Gasteiger partial charge in [-0.2, -0.15) is 0 Å². The van der Waals surface area contributed by atoms with E-state index in [2.05, 4.69) is 0 Å². The van der Waals surface area contributed by atoms with Gasteiger partial charge in [-0.1, -0.05) is 69.2 Å². The molecule has 22 heavy (non-hydrogen) atoms. The molecule has 7 heteroatoms. The van der Waals surface area contributed by atoms with Crippen LogP contribution in [0, 0.1) is 0 Å². The molecule has 0 spiro atoms. The molecule has 0 aliphatic carbocycles. The van der Waals surface area contributed by atoms with E-state index in [1.54, 1.807) is 69.2 Å². The normalized spacial score (nSPS) is 8.18. The Hall–Kier alpha value is 0.826. The SMILES string of the molecule is CC(C)[O-].CC(C)[O-].CC(C)[O-].CC(C)[O-].CC(C)[O-].[Al].[Ni+2]. The average Bonchev–Trinajstić information content (AvgIpc) is 1.94. The van der Waals surface area contributed by atoms with Gasteiger partial charge in [0, 0.05) is 17.4 Å². The van der Waals surface area contributed by atoms with Crippen LogP contribution in [0.1, 0.15) is 69.2 Å². The van der Waals surface area contributed by atoms with Crippen LogP contribution in [-0.2, 0) is 16.5 Å². The van der Waals surface area contributed by atoms with Gasteiger partial charge in [0.05, 0.1) is 0 Å². The van der Waals surface area contributed by atoms with Crippen LogP contribution < -0.4 is 25.5 Å². The van der Waals surface area contributed by atoms with Crippen molar-refractivity contribution in [2.24, 2.45) is 0 Å². The third-order valence-electron chi connectivity index (χ3n) is 0. The van der Waals surface area contributed by atoms with Gasteiger partial charge in [0.25, 0.3) is 0 Å². The monoisotopic (exact) mass is 380 g/mol. The Bertz CT molecular complexity index is 86.5. The maximum atomic E-state index is 9.53. The van der Waals surface area contributed by atoms with Gasteiger partial charge in [0.15, 0.2) is 0 Å². The molecule has 0 aromatic carbocycles. The standard InChI is InChI=1S/5C3H7O.Al.Ni/c5*1-3(2)4;;/h5*3H,1-2H3;;/q5*-1;;+2. The van der Waals surface area contributed by atoms with Crippen LogP contribution in [0.15, 0.2) is 0 Å². The first-order valence-electron chi connectivity index (χ1n) is 6.95. The summed E-state index contributed by atoms with van der Waals surface area (Å²) in [6.07, 6.45) is -2.08. The molecule has 0 heterocycles. The molecule has 0 atom stereocenters. The Balaban J connectivity index is -0.0000000250. The van der Waals surface area contributed by atoms with Crippen LogP contribution in [0.3, 0.4) is 0 Å². The van der Waals surface area contributed by atoms with Crippen molar-refractivity contribution in [2.75, 3.05) is 0 Å². The van der Waals surface area contributed by atoms with Crippen molar-refractivity contribution in [2.45, 2.75) is 99.8 Å². The molecule has 0 aromatic heterocycles. The predicted molar refractivity (Wildman–Crippen MR) is 81.4 cm³/mol. The van der Waals surface area contributed by atoms with Crippen LogP contribution in [0.5, 0.6) is 0 Å². The fourth-order valence-corrected chi connectivity index (χ4v) is 0. The minimum Gasteiger partial charge on any atom is -0.852 e. The van der Waals surface area contributed by atoms with E-state index in [1.807, 2.05) is 0 Å². The summed E-state index contributed by atoms with van der Waals surface area (Å²) >= 11 is 0. The summed E-state index contributed by atoms with van der Waals surface area (Å²) in [6, 6.07) is 0. The fourth-order valence-electron chi connectivity index (χ4n) is 0. The summed E-state index contributed by atoms with van der Waals surface area (Å²) in [7, 11) is 0. The largest absolute Gasteiger partial charge is 2.00 e. The minimum absolute atomic E-state index is 0.